The summed E-state index contributed by atoms with van der Waals surface area (Å²) < 4.78 is 2.13. The maximum atomic E-state index is 6.78. The molecule has 0 spiro atoms. The van der Waals surface area contributed by atoms with Gasteiger partial charge in [0.2, 0.25) is 0 Å². The summed E-state index contributed by atoms with van der Waals surface area (Å²) in [6.45, 7) is 4.09. The lowest BCUT2D eigenvalue weighted by molar-refractivity contribution is 0.110. The third kappa shape index (κ3) is 3.64. The van der Waals surface area contributed by atoms with Gasteiger partial charge in [0.05, 0.1) is 22.8 Å². The van der Waals surface area contributed by atoms with E-state index in [0.717, 1.165) is 79.1 Å². The van der Waals surface area contributed by atoms with Crippen molar-refractivity contribution >= 4 is 28.9 Å². The van der Waals surface area contributed by atoms with Crippen molar-refractivity contribution in [1.29, 1.82) is 0 Å². The van der Waals surface area contributed by atoms with Crippen LogP contribution in [0.3, 0.4) is 0 Å². The van der Waals surface area contributed by atoms with Crippen LogP contribution in [0.25, 0.3) is 5.65 Å². The van der Waals surface area contributed by atoms with E-state index in [1.54, 1.807) is 0 Å². The van der Waals surface area contributed by atoms with E-state index in [2.05, 4.69) is 56.4 Å². The lowest BCUT2D eigenvalue weighted by atomic mass is 9.92. The number of piperidine rings is 1. The molecule has 2 atom stereocenters. The fourth-order valence-corrected chi connectivity index (χ4v) is 5.32. The molecule has 0 saturated carbocycles. The SMILES string of the molecule is CN1CCN(c2cccc3nc([C@H]4CCC[C@@H](c5ncccc5Cl)N4C)c(N)n23)CC1. The van der Waals surface area contributed by atoms with Crippen molar-refractivity contribution in [3.05, 3.63) is 52.9 Å². The number of aromatic nitrogens is 3. The zero-order chi connectivity index (χ0) is 21.5. The highest BCUT2D eigenvalue weighted by atomic mass is 35.5. The van der Waals surface area contributed by atoms with Crippen molar-refractivity contribution < 1.29 is 0 Å². The highest BCUT2D eigenvalue weighted by Gasteiger charge is 2.34. The molecule has 3 aromatic heterocycles. The molecule has 0 unspecified atom stereocenters. The summed E-state index contributed by atoms with van der Waals surface area (Å²) in [4.78, 5) is 16.7. The van der Waals surface area contributed by atoms with E-state index in [0.29, 0.717) is 0 Å². The molecule has 2 saturated heterocycles. The summed E-state index contributed by atoms with van der Waals surface area (Å²) in [5, 5.41) is 0.723. The fraction of sp³-hybridized carbons (Fsp3) is 0.478. The molecule has 2 aliphatic rings. The van der Waals surface area contributed by atoms with Gasteiger partial charge in [0.25, 0.3) is 0 Å². The Morgan fingerprint density at radius 3 is 2.45 bits per heavy atom. The molecule has 164 valence electrons. The van der Waals surface area contributed by atoms with Crippen LogP contribution in [0, 0.1) is 0 Å². The van der Waals surface area contributed by atoms with E-state index >= 15 is 0 Å². The number of nitrogens with two attached hydrogens (primary N) is 1. The maximum Gasteiger partial charge on any atom is 0.140 e. The van der Waals surface area contributed by atoms with Crippen molar-refractivity contribution in [3.63, 3.8) is 0 Å². The number of likely N-dealkylation sites (tertiary alicyclic amines) is 1. The second-order valence-electron chi connectivity index (χ2n) is 8.75. The molecular weight excluding hydrogens is 410 g/mol. The third-order valence-electron chi connectivity index (χ3n) is 6.87. The normalized spacial score (nSPS) is 23.5. The maximum absolute atomic E-state index is 6.78. The van der Waals surface area contributed by atoms with Gasteiger partial charge in [-0.3, -0.25) is 14.3 Å². The van der Waals surface area contributed by atoms with Gasteiger partial charge in [-0.2, -0.15) is 0 Å². The van der Waals surface area contributed by atoms with Crippen LogP contribution in [0.4, 0.5) is 11.6 Å². The summed E-state index contributed by atoms with van der Waals surface area (Å²) in [5.41, 5.74) is 9.59. The number of likely N-dealkylation sites (N-methyl/N-ethyl adjacent to an activating group) is 1. The Bertz CT molecular complexity index is 1070. The van der Waals surface area contributed by atoms with Crippen LogP contribution in [0.2, 0.25) is 5.02 Å². The van der Waals surface area contributed by atoms with Gasteiger partial charge in [-0.1, -0.05) is 17.7 Å². The Balaban J connectivity index is 1.51. The van der Waals surface area contributed by atoms with Crippen molar-refractivity contribution in [2.45, 2.75) is 31.3 Å². The molecule has 3 aromatic rings. The molecule has 0 aliphatic carbocycles. The predicted molar refractivity (Wildman–Crippen MR) is 126 cm³/mol. The van der Waals surface area contributed by atoms with E-state index < -0.39 is 0 Å². The number of nitrogen functional groups attached to an aromatic ring is 1. The van der Waals surface area contributed by atoms with Crippen LogP contribution < -0.4 is 10.6 Å². The first kappa shape index (κ1) is 20.5. The number of imidazole rings is 1. The molecule has 0 bridgehead atoms. The van der Waals surface area contributed by atoms with Crippen LogP contribution in [0.5, 0.6) is 0 Å². The number of hydrogen-bond acceptors (Lipinski definition) is 6. The van der Waals surface area contributed by atoms with E-state index in [1.165, 1.54) is 0 Å². The monoisotopic (exact) mass is 439 g/mol. The second-order valence-corrected chi connectivity index (χ2v) is 9.16. The molecule has 2 N–H and O–H groups in total. The average Bonchev–Trinajstić information content (AvgIpc) is 3.12. The summed E-state index contributed by atoms with van der Waals surface area (Å²) >= 11 is 6.49. The zero-order valence-corrected chi connectivity index (χ0v) is 19.0. The molecule has 8 heteroatoms. The largest absolute Gasteiger partial charge is 0.383 e. The van der Waals surface area contributed by atoms with Crippen LogP contribution >= 0.6 is 11.6 Å². The minimum absolute atomic E-state index is 0.136. The van der Waals surface area contributed by atoms with Gasteiger partial charge in [0, 0.05) is 32.4 Å². The van der Waals surface area contributed by atoms with Gasteiger partial charge in [0.1, 0.15) is 23.0 Å². The molecule has 2 aliphatic heterocycles. The van der Waals surface area contributed by atoms with E-state index in [1.807, 2.05) is 18.3 Å². The minimum Gasteiger partial charge on any atom is -0.383 e. The van der Waals surface area contributed by atoms with Gasteiger partial charge in [-0.05, 0) is 57.6 Å². The van der Waals surface area contributed by atoms with Crippen molar-refractivity contribution in [1.82, 2.24) is 24.2 Å². The van der Waals surface area contributed by atoms with Crippen molar-refractivity contribution in [3.8, 4) is 0 Å². The standard InChI is InChI=1S/C23H30ClN7/c1-28-12-14-30(15-13-28)20-10-4-9-19-27-22(23(25)31(19)20)18-8-3-7-17(29(18)2)21-16(24)6-5-11-26-21/h4-6,9-11,17-18H,3,7-8,12-15,25H2,1-2H3/t17-,18+/m0/s1. The molecule has 31 heavy (non-hydrogen) atoms. The fourth-order valence-electron chi connectivity index (χ4n) is 5.07. The molecule has 2 fully saturated rings. The lowest BCUT2D eigenvalue weighted by Gasteiger charge is -2.39. The number of pyridine rings is 2. The molecule has 0 aromatic carbocycles. The molecule has 5 rings (SSSR count). The number of halogens is 1. The smallest absolute Gasteiger partial charge is 0.140 e. The molecule has 0 radical (unpaired) electrons. The van der Waals surface area contributed by atoms with Crippen LogP contribution in [0.15, 0.2) is 36.5 Å². The summed E-state index contributed by atoms with van der Waals surface area (Å²) in [6, 6.07) is 10.4. The van der Waals surface area contributed by atoms with Gasteiger partial charge >= 0.3 is 0 Å². The number of fused-ring (bicyclic) bond motifs is 1. The number of nitrogens with zero attached hydrogens (tertiary/aromatic N) is 6. The van der Waals surface area contributed by atoms with Gasteiger partial charge in [-0.15, -0.1) is 0 Å². The Hall–Kier alpha value is -2.35. The van der Waals surface area contributed by atoms with Crippen LogP contribution in [0.1, 0.15) is 42.7 Å². The average molecular weight is 440 g/mol. The Morgan fingerprint density at radius 2 is 1.71 bits per heavy atom. The quantitative estimate of drug-likeness (QED) is 0.672. The van der Waals surface area contributed by atoms with Crippen molar-refractivity contribution in [2.24, 2.45) is 0 Å². The first-order valence-electron chi connectivity index (χ1n) is 11.1. The highest BCUT2D eigenvalue weighted by molar-refractivity contribution is 6.31. The van der Waals surface area contributed by atoms with Gasteiger partial charge in [-0.25, -0.2) is 4.98 Å². The number of anilines is 2. The Kier molecular flexibility index (Phi) is 5.50. The van der Waals surface area contributed by atoms with Crippen molar-refractivity contribution in [2.75, 3.05) is 50.9 Å². The topological polar surface area (TPSA) is 65.9 Å². The molecule has 7 nitrogen and oxygen atoms in total. The Morgan fingerprint density at radius 1 is 0.968 bits per heavy atom. The Labute approximate surface area is 188 Å². The van der Waals surface area contributed by atoms with E-state index in [-0.39, 0.29) is 12.1 Å². The van der Waals surface area contributed by atoms with Crippen LogP contribution in [-0.2, 0) is 0 Å². The predicted octanol–water partition coefficient (Wildman–Crippen LogP) is 3.61. The first-order chi connectivity index (χ1) is 15.0. The molecule has 0 amide bonds. The van der Waals surface area contributed by atoms with Gasteiger partial charge in [0.15, 0.2) is 0 Å². The zero-order valence-electron chi connectivity index (χ0n) is 18.2. The second kappa shape index (κ2) is 8.30. The molecule has 5 heterocycles. The van der Waals surface area contributed by atoms with E-state index in [4.69, 9.17) is 22.3 Å². The first-order valence-corrected chi connectivity index (χ1v) is 11.4. The van der Waals surface area contributed by atoms with Gasteiger partial charge < -0.3 is 15.5 Å². The highest BCUT2D eigenvalue weighted by Crippen LogP contribution is 2.43. The summed E-state index contributed by atoms with van der Waals surface area (Å²) in [6.07, 6.45) is 4.96. The third-order valence-corrected chi connectivity index (χ3v) is 7.19. The number of piperazine rings is 1. The molecular formula is C23H30ClN7. The number of rotatable bonds is 3. The van der Waals surface area contributed by atoms with Crippen LogP contribution in [-0.4, -0.2) is 64.4 Å². The number of hydrogen-bond donors (Lipinski definition) is 1. The summed E-state index contributed by atoms with van der Waals surface area (Å²) in [7, 11) is 4.31. The lowest BCUT2D eigenvalue weighted by Crippen LogP contribution is -2.45. The van der Waals surface area contributed by atoms with E-state index in [9.17, 15) is 0 Å². The minimum atomic E-state index is 0.136. The summed E-state index contributed by atoms with van der Waals surface area (Å²) in [5.74, 6) is 1.87.